The van der Waals surface area contributed by atoms with E-state index in [-0.39, 0.29) is 5.92 Å². The molecule has 92 valence electrons. The Kier molecular flexibility index (Phi) is 4.52. The molecule has 17 heavy (non-hydrogen) atoms. The van der Waals surface area contributed by atoms with Crippen LogP contribution < -0.4 is 10.4 Å². The first kappa shape index (κ1) is 13.5. The number of carbonyl (C=O) groups excluding carboxylic acids is 2. The summed E-state index contributed by atoms with van der Waals surface area (Å²) in [6.45, 7) is 3.39. The van der Waals surface area contributed by atoms with Gasteiger partial charge in [0.2, 0.25) is 0 Å². The molecule has 0 aliphatic carbocycles. The molecule has 0 saturated carbocycles. The molecule has 5 heteroatoms. The first-order valence-corrected chi connectivity index (χ1v) is 5.57. The van der Waals surface area contributed by atoms with Crippen LogP contribution in [0.1, 0.15) is 24.2 Å². The van der Waals surface area contributed by atoms with Gasteiger partial charge in [0.15, 0.2) is 0 Å². The van der Waals surface area contributed by atoms with Gasteiger partial charge in [-0.25, -0.2) is 0 Å². The third-order valence-electron chi connectivity index (χ3n) is 2.31. The van der Waals surface area contributed by atoms with Crippen molar-refractivity contribution in [2.24, 2.45) is 5.92 Å². The van der Waals surface area contributed by atoms with E-state index in [1.807, 2.05) is 0 Å². The van der Waals surface area contributed by atoms with E-state index in [0.717, 1.165) is 0 Å². The third kappa shape index (κ3) is 3.75. The van der Waals surface area contributed by atoms with Gasteiger partial charge < -0.3 is 15.2 Å². The normalized spacial score (nSPS) is 12.2. The number of rotatable bonds is 4. The lowest BCUT2D eigenvalue weighted by molar-refractivity contribution is -0.309. The van der Waals surface area contributed by atoms with Crippen molar-refractivity contribution in [3.05, 3.63) is 34.9 Å². The van der Waals surface area contributed by atoms with Gasteiger partial charge in [0.1, 0.15) is 0 Å². The van der Waals surface area contributed by atoms with Gasteiger partial charge in [-0.05, 0) is 30.2 Å². The van der Waals surface area contributed by atoms with Gasteiger partial charge >= 0.3 is 0 Å². The van der Waals surface area contributed by atoms with Crippen molar-refractivity contribution in [2.45, 2.75) is 19.9 Å². The highest BCUT2D eigenvalue weighted by Gasteiger charge is 2.17. The summed E-state index contributed by atoms with van der Waals surface area (Å²) in [4.78, 5) is 22.5. The topological polar surface area (TPSA) is 69.2 Å². The number of hydrogen-bond acceptors (Lipinski definition) is 3. The van der Waals surface area contributed by atoms with E-state index in [1.165, 1.54) is 12.1 Å². The zero-order valence-electron chi connectivity index (χ0n) is 9.57. The predicted octanol–water partition coefficient (Wildman–Crippen LogP) is 0.844. The minimum atomic E-state index is -1.29. The first-order chi connectivity index (χ1) is 7.91. The predicted molar refractivity (Wildman–Crippen MR) is 62.6 cm³/mol. The summed E-state index contributed by atoms with van der Waals surface area (Å²) in [6, 6.07) is 5.20. The maximum absolute atomic E-state index is 11.7. The van der Waals surface area contributed by atoms with Crippen LogP contribution in [0.4, 0.5) is 0 Å². The van der Waals surface area contributed by atoms with Crippen molar-refractivity contribution in [1.29, 1.82) is 0 Å². The van der Waals surface area contributed by atoms with Crippen LogP contribution >= 0.6 is 11.6 Å². The van der Waals surface area contributed by atoms with Crippen LogP contribution in [-0.2, 0) is 4.79 Å². The average molecular weight is 255 g/mol. The molecular weight excluding hydrogens is 242 g/mol. The summed E-state index contributed by atoms with van der Waals surface area (Å²) in [5.41, 5.74) is 0.362. The summed E-state index contributed by atoms with van der Waals surface area (Å²) < 4.78 is 0. The number of carboxylic acid groups (broad SMARTS) is 1. The molecule has 0 unspecified atom stereocenters. The molecule has 1 atom stereocenters. The van der Waals surface area contributed by atoms with Gasteiger partial charge in [-0.2, -0.15) is 0 Å². The fourth-order valence-electron chi connectivity index (χ4n) is 1.32. The van der Waals surface area contributed by atoms with Gasteiger partial charge in [-0.1, -0.05) is 25.4 Å². The van der Waals surface area contributed by atoms with Crippen molar-refractivity contribution in [3.8, 4) is 0 Å². The Morgan fingerprint density at radius 3 is 2.18 bits per heavy atom. The molecule has 1 aromatic rings. The fraction of sp³-hybridized carbons (Fsp3) is 0.333. The lowest BCUT2D eigenvalue weighted by Crippen LogP contribution is -2.50. The van der Waals surface area contributed by atoms with E-state index in [4.69, 9.17) is 11.6 Å². The number of aliphatic carboxylic acids is 1. The molecule has 0 heterocycles. The van der Waals surface area contributed by atoms with Crippen LogP contribution in [0.3, 0.4) is 0 Å². The second-order valence-electron chi connectivity index (χ2n) is 4.02. The van der Waals surface area contributed by atoms with Gasteiger partial charge in [-0.3, -0.25) is 4.79 Å². The minimum Gasteiger partial charge on any atom is -0.548 e. The number of amides is 1. The molecule has 0 radical (unpaired) electrons. The molecule has 1 rings (SSSR count). The Morgan fingerprint density at radius 1 is 1.24 bits per heavy atom. The summed E-state index contributed by atoms with van der Waals surface area (Å²) in [5, 5.41) is 13.7. The van der Waals surface area contributed by atoms with Gasteiger partial charge in [0, 0.05) is 10.6 Å². The zero-order valence-corrected chi connectivity index (χ0v) is 10.3. The van der Waals surface area contributed by atoms with Crippen LogP contribution in [0.25, 0.3) is 0 Å². The van der Waals surface area contributed by atoms with E-state index >= 15 is 0 Å². The van der Waals surface area contributed by atoms with Gasteiger partial charge in [0.25, 0.3) is 5.91 Å². The molecule has 0 aromatic heterocycles. The first-order valence-electron chi connectivity index (χ1n) is 5.19. The molecule has 0 aliphatic rings. The second kappa shape index (κ2) is 5.68. The van der Waals surface area contributed by atoms with Crippen molar-refractivity contribution in [2.75, 3.05) is 0 Å². The number of carbonyl (C=O) groups is 2. The minimum absolute atomic E-state index is 0.240. The lowest BCUT2D eigenvalue weighted by atomic mass is 10.0. The Bertz CT molecular complexity index is 414. The molecule has 4 nitrogen and oxygen atoms in total. The van der Waals surface area contributed by atoms with E-state index in [9.17, 15) is 14.7 Å². The molecule has 0 bridgehead atoms. The van der Waals surface area contributed by atoms with Crippen LogP contribution in [-0.4, -0.2) is 17.9 Å². The van der Waals surface area contributed by atoms with Crippen LogP contribution in [0.2, 0.25) is 5.02 Å². The Morgan fingerprint density at radius 2 is 1.76 bits per heavy atom. The van der Waals surface area contributed by atoms with E-state index < -0.39 is 17.9 Å². The van der Waals surface area contributed by atoms with Crippen molar-refractivity contribution in [3.63, 3.8) is 0 Å². The third-order valence-corrected chi connectivity index (χ3v) is 2.57. The van der Waals surface area contributed by atoms with Crippen molar-refractivity contribution < 1.29 is 14.7 Å². The Hall–Kier alpha value is -1.55. The maximum Gasteiger partial charge on any atom is 0.251 e. The molecule has 0 fully saturated rings. The molecular formula is C12H13ClNO3-. The smallest absolute Gasteiger partial charge is 0.251 e. The quantitative estimate of drug-likeness (QED) is 0.866. The van der Waals surface area contributed by atoms with Crippen LogP contribution in [0.5, 0.6) is 0 Å². The molecule has 0 aliphatic heterocycles. The Labute approximate surface area is 105 Å². The highest BCUT2D eigenvalue weighted by atomic mass is 35.5. The summed E-state index contributed by atoms with van der Waals surface area (Å²) >= 11 is 5.69. The number of benzene rings is 1. The van der Waals surface area contributed by atoms with E-state index in [0.29, 0.717) is 10.6 Å². The van der Waals surface area contributed by atoms with Crippen LogP contribution in [0, 0.1) is 5.92 Å². The molecule has 0 saturated heterocycles. The highest BCUT2D eigenvalue weighted by Crippen LogP contribution is 2.10. The summed E-state index contributed by atoms with van der Waals surface area (Å²) in [5.74, 6) is -1.98. The van der Waals surface area contributed by atoms with Gasteiger partial charge in [0.05, 0.1) is 12.0 Å². The van der Waals surface area contributed by atoms with E-state index in [1.54, 1.807) is 26.0 Å². The van der Waals surface area contributed by atoms with E-state index in [2.05, 4.69) is 5.32 Å². The summed E-state index contributed by atoms with van der Waals surface area (Å²) in [7, 11) is 0. The molecule has 0 spiro atoms. The SMILES string of the molecule is CC(C)[C@@H](NC(=O)c1ccc(Cl)cc1)C(=O)[O-]. The fourth-order valence-corrected chi connectivity index (χ4v) is 1.45. The number of carboxylic acids is 1. The van der Waals surface area contributed by atoms with Gasteiger partial charge in [-0.15, -0.1) is 0 Å². The monoisotopic (exact) mass is 254 g/mol. The second-order valence-corrected chi connectivity index (χ2v) is 4.46. The average Bonchev–Trinajstić information content (AvgIpc) is 2.25. The number of nitrogens with one attached hydrogen (secondary N) is 1. The number of halogens is 1. The van der Waals surface area contributed by atoms with Crippen molar-refractivity contribution >= 4 is 23.5 Å². The molecule has 1 N–H and O–H groups in total. The molecule has 1 amide bonds. The maximum atomic E-state index is 11.7. The Balaban J connectivity index is 2.77. The number of hydrogen-bond donors (Lipinski definition) is 1. The standard InChI is InChI=1S/C12H14ClNO3/c1-7(2)10(12(16)17)14-11(15)8-3-5-9(13)6-4-8/h3-7,10H,1-2H3,(H,14,15)(H,16,17)/p-1/t10-/m1/s1. The van der Waals surface area contributed by atoms with Crippen LogP contribution in [0.15, 0.2) is 24.3 Å². The van der Waals surface area contributed by atoms with Crippen molar-refractivity contribution in [1.82, 2.24) is 5.32 Å². The largest absolute Gasteiger partial charge is 0.548 e. The summed E-state index contributed by atoms with van der Waals surface area (Å²) in [6.07, 6.45) is 0. The molecule has 1 aromatic carbocycles. The lowest BCUT2D eigenvalue weighted by Gasteiger charge is -2.23. The zero-order chi connectivity index (χ0) is 13.0. The highest BCUT2D eigenvalue weighted by molar-refractivity contribution is 6.30.